The molecule has 0 bridgehead atoms. The van der Waals surface area contributed by atoms with Gasteiger partial charge in [-0.1, -0.05) is 55.0 Å². The van der Waals surface area contributed by atoms with Crippen LogP contribution < -0.4 is 10.6 Å². The summed E-state index contributed by atoms with van der Waals surface area (Å²) < 4.78 is 2.07. The molecule has 2 N–H and O–H groups in total. The zero-order valence-corrected chi connectivity index (χ0v) is 17.5. The maximum absolute atomic E-state index is 4.75. The van der Waals surface area contributed by atoms with Gasteiger partial charge in [-0.25, -0.2) is 4.99 Å². The molecule has 29 heavy (non-hydrogen) atoms. The predicted octanol–water partition coefficient (Wildman–Crippen LogP) is 3.57. The highest BCUT2D eigenvalue weighted by atomic mass is 15.3. The molecule has 0 amide bonds. The first-order valence-electron chi connectivity index (χ1n) is 10.2. The quantitative estimate of drug-likeness (QED) is 0.456. The van der Waals surface area contributed by atoms with E-state index in [0.717, 1.165) is 37.8 Å². The fourth-order valence-corrected chi connectivity index (χ4v) is 3.22. The molecule has 0 aliphatic rings. The molecule has 0 spiro atoms. The van der Waals surface area contributed by atoms with Crippen LogP contribution >= 0.6 is 0 Å². The summed E-state index contributed by atoms with van der Waals surface area (Å²) in [6.07, 6.45) is 2.66. The van der Waals surface area contributed by atoms with Gasteiger partial charge in [0.25, 0.3) is 0 Å². The second-order valence-electron chi connectivity index (χ2n) is 6.99. The molecule has 2 aromatic carbocycles. The predicted molar refractivity (Wildman–Crippen MR) is 119 cm³/mol. The summed E-state index contributed by atoms with van der Waals surface area (Å²) in [6.45, 7) is 9.30. The Kier molecular flexibility index (Phi) is 7.39. The molecule has 0 aliphatic carbocycles. The zero-order chi connectivity index (χ0) is 20.5. The highest BCUT2D eigenvalue weighted by Crippen LogP contribution is 2.21. The molecule has 0 atom stereocenters. The van der Waals surface area contributed by atoms with E-state index in [2.05, 4.69) is 94.7 Å². The van der Waals surface area contributed by atoms with Gasteiger partial charge in [0, 0.05) is 26.1 Å². The van der Waals surface area contributed by atoms with E-state index in [1.54, 1.807) is 6.33 Å². The smallest absolute Gasteiger partial charge is 0.191 e. The number of aliphatic imine (C=N–C) groups is 1. The van der Waals surface area contributed by atoms with Crippen molar-refractivity contribution in [3.63, 3.8) is 0 Å². The lowest BCUT2D eigenvalue weighted by molar-refractivity contribution is 0.632. The van der Waals surface area contributed by atoms with Gasteiger partial charge in [0.05, 0.1) is 6.54 Å². The maximum atomic E-state index is 4.75. The number of aromatic nitrogens is 3. The number of nitrogens with zero attached hydrogens (tertiary/aromatic N) is 4. The Hall–Kier alpha value is -3.15. The lowest BCUT2D eigenvalue weighted by Crippen LogP contribution is -2.38. The van der Waals surface area contributed by atoms with Gasteiger partial charge in [0.1, 0.15) is 12.2 Å². The van der Waals surface area contributed by atoms with Gasteiger partial charge in [0.2, 0.25) is 0 Å². The van der Waals surface area contributed by atoms with E-state index in [-0.39, 0.29) is 0 Å². The molecule has 0 unspecified atom stereocenters. The summed E-state index contributed by atoms with van der Waals surface area (Å²) in [6, 6.07) is 17.2. The van der Waals surface area contributed by atoms with E-state index in [1.165, 1.54) is 22.3 Å². The molecule has 152 valence electrons. The Morgan fingerprint density at radius 2 is 1.83 bits per heavy atom. The summed E-state index contributed by atoms with van der Waals surface area (Å²) in [5.41, 5.74) is 4.91. The molecule has 0 fully saturated rings. The van der Waals surface area contributed by atoms with E-state index in [4.69, 9.17) is 4.99 Å². The number of benzene rings is 2. The number of rotatable bonds is 8. The standard InChI is InChI=1S/C23H30N6/c1-4-22-28-27-17-29(22)13-12-25-23(24-5-2)26-16-19-9-7-11-21(15-19)20-10-6-8-18(3)14-20/h6-11,14-15,17H,4-5,12-13,16H2,1-3H3,(H2,24,25,26). The summed E-state index contributed by atoms with van der Waals surface area (Å²) >= 11 is 0. The average Bonchev–Trinajstić information content (AvgIpc) is 3.20. The van der Waals surface area contributed by atoms with E-state index in [9.17, 15) is 0 Å². The number of aryl methyl sites for hydroxylation is 2. The van der Waals surface area contributed by atoms with Crippen LogP contribution in [0.3, 0.4) is 0 Å². The molecule has 1 heterocycles. The van der Waals surface area contributed by atoms with E-state index in [1.807, 2.05) is 0 Å². The van der Waals surface area contributed by atoms with Crippen LogP contribution in [0.5, 0.6) is 0 Å². The zero-order valence-electron chi connectivity index (χ0n) is 17.5. The first-order chi connectivity index (χ1) is 14.2. The Morgan fingerprint density at radius 1 is 1.03 bits per heavy atom. The minimum absolute atomic E-state index is 0.627. The SMILES string of the molecule is CCNC(=NCc1cccc(-c2cccc(C)c2)c1)NCCn1cnnc1CC. The molecule has 0 radical (unpaired) electrons. The van der Waals surface area contributed by atoms with Gasteiger partial charge < -0.3 is 15.2 Å². The molecule has 6 heteroatoms. The van der Waals surface area contributed by atoms with Crippen molar-refractivity contribution in [2.75, 3.05) is 13.1 Å². The largest absolute Gasteiger partial charge is 0.357 e. The minimum atomic E-state index is 0.627. The van der Waals surface area contributed by atoms with Crippen LogP contribution in [0.15, 0.2) is 59.9 Å². The van der Waals surface area contributed by atoms with Crippen molar-refractivity contribution in [1.29, 1.82) is 0 Å². The van der Waals surface area contributed by atoms with Crippen molar-refractivity contribution in [3.8, 4) is 11.1 Å². The molecule has 0 saturated carbocycles. The molecule has 3 rings (SSSR count). The second-order valence-corrected chi connectivity index (χ2v) is 6.99. The van der Waals surface area contributed by atoms with Gasteiger partial charge >= 0.3 is 0 Å². The van der Waals surface area contributed by atoms with Gasteiger partial charge in [-0.2, -0.15) is 0 Å². The van der Waals surface area contributed by atoms with Crippen molar-refractivity contribution in [2.24, 2.45) is 4.99 Å². The van der Waals surface area contributed by atoms with Crippen LogP contribution in [-0.4, -0.2) is 33.8 Å². The summed E-state index contributed by atoms with van der Waals surface area (Å²) in [5, 5.41) is 14.8. The highest BCUT2D eigenvalue weighted by molar-refractivity contribution is 5.79. The fourth-order valence-electron chi connectivity index (χ4n) is 3.22. The van der Waals surface area contributed by atoms with Gasteiger partial charge in [-0.3, -0.25) is 0 Å². The molecule has 0 aliphatic heterocycles. The third-order valence-corrected chi connectivity index (χ3v) is 4.70. The molecule has 0 saturated heterocycles. The van der Waals surface area contributed by atoms with Gasteiger partial charge in [0.15, 0.2) is 5.96 Å². The number of hydrogen-bond acceptors (Lipinski definition) is 3. The summed E-state index contributed by atoms with van der Waals surface area (Å²) in [5.74, 6) is 1.82. The minimum Gasteiger partial charge on any atom is -0.357 e. The van der Waals surface area contributed by atoms with Crippen LogP contribution in [0.25, 0.3) is 11.1 Å². The Balaban J connectivity index is 1.63. The third-order valence-electron chi connectivity index (χ3n) is 4.70. The lowest BCUT2D eigenvalue weighted by Gasteiger charge is -2.12. The first kappa shape index (κ1) is 20.6. The van der Waals surface area contributed by atoms with Crippen molar-refractivity contribution < 1.29 is 0 Å². The Labute approximate surface area is 173 Å². The maximum Gasteiger partial charge on any atom is 0.191 e. The monoisotopic (exact) mass is 390 g/mol. The Morgan fingerprint density at radius 3 is 2.59 bits per heavy atom. The van der Waals surface area contributed by atoms with E-state index in [0.29, 0.717) is 6.54 Å². The Bertz CT molecular complexity index is 944. The van der Waals surface area contributed by atoms with Crippen LogP contribution in [0.2, 0.25) is 0 Å². The van der Waals surface area contributed by atoms with Crippen LogP contribution in [0, 0.1) is 6.92 Å². The molecular formula is C23H30N6. The van der Waals surface area contributed by atoms with Gasteiger partial charge in [-0.05, 0) is 36.6 Å². The topological polar surface area (TPSA) is 67.1 Å². The first-order valence-corrected chi connectivity index (χ1v) is 10.2. The van der Waals surface area contributed by atoms with Crippen LogP contribution in [0.4, 0.5) is 0 Å². The number of hydrogen-bond donors (Lipinski definition) is 2. The van der Waals surface area contributed by atoms with Crippen molar-refractivity contribution >= 4 is 5.96 Å². The van der Waals surface area contributed by atoms with Crippen LogP contribution in [0.1, 0.15) is 30.8 Å². The van der Waals surface area contributed by atoms with Crippen molar-refractivity contribution in [2.45, 2.75) is 40.3 Å². The van der Waals surface area contributed by atoms with Crippen molar-refractivity contribution in [1.82, 2.24) is 25.4 Å². The van der Waals surface area contributed by atoms with E-state index < -0.39 is 0 Å². The molecule has 6 nitrogen and oxygen atoms in total. The summed E-state index contributed by atoms with van der Waals surface area (Å²) in [7, 11) is 0. The highest BCUT2D eigenvalue weighted by Gasteiger charge is 2.03. The molecule has 1 aromatic heterocycles. The average molecular weight is 391 g/mol. The molecular weight excluding hydrogens is 360 g/mol. The lowest BCUT2D eigenvalue weighted by atomic mass is 10.0. The summed E-state index contributed by atoms with van der Waals surface area (Å²) in [4.78, 5) is 4.75. The number of guanidine groups is 1. The third kappa shape index (κ3) is 5.91. The fraction of sp³-hybridized carbons (Fsp3) is 0.348. The van der Waals surface area contributed by atoms with E-state index >= 15 is 0 Å². The number of nitrogens with one attached hydrogen (secondary N) is 2. The second kappa shape index (κ2) is 10.4. The van der Waals surface area contributed by atoms with Gasteiger partial charge in [-0.15, -0.1) is 10.2 Å². The van der Waals surface area contributed by atoms with Crippen molar-refractivity contribution in [3.05, 3.63) is 71.8 Å². The van der Waals surface area contributed by atoms with Crippen LogP contribution in [-0.2, 0) is 19.5 Å². The molecule has 3 aromatic rings. The normalized spacial score (nSPS) is 11.5.